The number of fused-ring (bicyclic) bond motifs is 1. The molecule has 19 heavy (non-hydrogen) atoms. The number of nitrogens with zero attached hydrogens (tertiary/aromatic N) is 1. The molecule has 1 aliphatic rings. The highest BCUT2D eigenvalue weighted by atomic mass is 16.1. The molecule has 1 aromatic carbocycles. The molecule has 0 saturated carbocycles. The highest BCUT2D eigenvalue weighted by Gasteiger charge is 2.42. The summed E-state index contributed by atoms with van der Waals surface area (Å²) >= 11 is 0. The number of hydrogen-bond acceptors (Lipinski definition) is 2. The number of rotatable bonds is 1. The normalized spacial score (nSPS) is 19.5. The van der Waals surface area contributed by atoms with Crippen LogP contribution in [0, 0.1) is 5.41 Å². The Bertz CT molecular complexity index is 491. The zero-order chi connectivity index (χ0) is 14.4. The fourth-order valence-electron chi connectivity index (χ4n) is 2.92. The quantitative estimate of drug-likeness (QED) is 0.764. The number of para-hydroxylation sites is 1. The molecule has 0 fully saturated rings. The molecule has 1 aliphatic heterocycles. The summed E-state index contributed by atoms with van der Waals surface area (Å²) in [6.45, 7) is 12.6. The van der Waals surface area contributed by atoms with Crippen molar-refractivity contribution in [1.82, 2.24) is 0 Å². The Balaban J connectivity index is 2.46. The third-order valence-electron chi connectivity index (χ3n) is 3.74. The highest BCUT2D eigenvalue weighted by molar-refractivity contribution is 5.94. The van der Waals surface area contributed by atoms with E-state index in [0.717, 1.165) is 6.42 Å². The predicted molar refractivity (Wildman–Crippen MR) is 80.6 cm³/mol. The minimum absolute atomic E-state index is 0.0302. The van der Waals surface area contributed by atoms with Crippen LogP contribution in [0.4, 0.5) is 5.69 Å². The van der Waals surface area contributed by atoms with Crippen molar-refractivity contribution < 1.29 is 4.79 Å². The monoisotopic (exact) mass is 259 g/mol. The zero-order valence-electron chi connectivity index (χ0n) is 12.9. The van der Waals surface area contributed by atoms with Crippen LogP contribution in [0.5, 0.6) is 0 Å². The SMILES string of the molecule is CC(C)(C)C(=O)C1Cc2ccccc2N1C(C)(C)C. The molecule has 2 rings (SSSR count). The van der Waals surface area contributed by atoms with E-state index in [1.165, 1.54) is 11.3 Å². The molecule has 104 valence electrons. The largest absolute Gasteiger partial charge is 0.356 e. The Morgan fingerprint density at radius 1 is 1.11 bits per heavy atom. The van der Waals surface area contributed by atoms with Gasteiger partial charge in [0.1, 0.15) is 0 Å². The second-order valence-electron chi connectivity index (χ2n) is 7.50. The van der Waals surface area contributed by atoms with E-state index in [-0.39, 0.29) is 17.0 Å². The van der Waals surface area contributed by atoms with Crippen molar-refractivity contribution in [2.45, 2.75) is 59.5 Å². The van der Waals surface area contributed by atoms with Gasteiger partial charge in [0, 0.05) is 23.1 Å². The van der Waals surface area contributed by atoms with Gasteiger partial charge in [-0.15, -0.1) is 0 Å². The van der Waals surface area contributed by atoms with E-state index in [2.05, 4.69) is 49.9 Å². The molecular formula is C17H25NO. The smallest absolute Gasteiger partial charge is 0.160 e. The van der Waals surface area contributed by atoms with Crippen molar-refractivity contribution in [3.8, 4) is 0 Å². The fraction of sp³-hybridized carbons (Fsp3) is 0.588. The summed E-state index contributed by atoms with van der Waals surface area (Å²) in [5.74, 6) is 0.332. The van der Waals surface area contributed by atoms with Crippen LogP contribution in [0.25, 0.3) is 0 Å². The molecule has 1 atom stereocenters. The summed E-state index contributed by atoms with van der Waals surface area (Å²) in [5.41, 5.74) is 2.17. The maximum atomic E-state index is 12.8. The molecule has 0 spiro atoms. The number of carbonyl (C=O) groups is 1. The van der Waals surface area contributed by atoms with Gasteiger partial charge in [-0.1, -0.05) is 39.0 Å². The van der Waals surface area contributed by atoms with E-state index in [9.17, 15) is 4.79 Å². The van der Waals surface area contributed by atoms with Gasteiger partial charge in [0.25, 0.3) is 0 Å². The molecule has 0 N–H and O–H groups in total. The molecule has 0 aliphatic carbocycles. The third kappa shape index (κ3) is 2.54. The van der Waals surface area contributed by atoms with Gasteiger partial charge in [-0.25, -0.2) is 0 Å². The minimum atomic E-state index is -0.295. The van der Waals surface area contributed by atoms with Gasteiger partial charge >= 0.3 is 0 Å². The van der Waals surface area contributed by atoms with E-state index < -0.39 is 0 Å². The van der Waals surface area contributed by atoms with Crippen LogP contribution in [-0.2, 0) is 11.2 Å². The lowest BCUT2D eigenvalue weighted by molar-refractivity contribution is -0.127. The van der Waals surface area contributed by atoms with Crippen molar-refractivity contribution in [3.63, 3.8) is 0 Å². The van der Waals surface area contributed by atoms with Crippen LogP contribution in [-0.4, -0.2) is 17.4 Å². The van der Waals surface area contributed by atoms with Gasteiger partial charge in [0.15, 0.2) is 5.78 Å². The molecule has 0 saturated heterocycles. The summed E-state index contributed by atoms with van der Waals surface area (Å²) in [4.78, 5) is 15.1. The van der Waals surface area contributed by atoms with Gasteiger partial charge < -0.3 is 4.90 Å². The van der Waals surface area contributed by atoms with Crippen LogP contribution in [0.2, 0.25) is 0 Å². The molecule has 1 aromatic rings. The summed E-state index contributed by atoms with van der Waals surface area (Å²) in [5, 5.41) is 0. The van der Waals surface area contributed by atoms with Crippen molar-refractivity contribution in [2.24, 2.45) is 5.41 Å². The Kier molecular flexibility index (Phi) is 3.24. The lowest BCUT2D eigenvalue weighted by Crippen LogP contribution is -2.52. The number of hydrogen-bond donors (Lipinski definition) is 0. The molecule has 1 unspecified atom stereocenters. The van der Waals surface area contributed by atoms with E-state index in [1.54, 1.807) is 0 Å². The summed E-state index contributed by atoms with van der Waals surface area (Å²) < 4.78 is 0. The summed E-state index contributed by atoms with van der Waals surface area (Å²) in [6.07, 6.45) is 0.837. The lowest BCUT2D eigenvalue weighted by atomic mass is 9.84. The van der Waals surface area contributed by atoms with E-state index in [0.29, 0.717) is 5.78 Å². The molecule has 2 nitrogen and oxygen atoms in total. The van der Waals surface area contributed by atoms with Gasteiger partial charge in [0.2, 0.25) is 0 Å². The van der Waals surface area contributed by atoms with Crippen molar-refractivity contribution in [1.29, 1.82) is 0 Å². The van der Waals surface area contributed by atoms with Gasteiger partial charge in [0.05, 0.1) is 6.04 Å². The zero-order valence-corrected chi connectivity index (χ0v) is 12.9. The molecule has 0 radical (unpaired) electrons. The van der Waals surface area contributed by atoms with Crippen LogP contribution in [0.1, 0.15) is 47.1 Å². The van der Waals surface area contributed by atoms with Crippen molar-refractivity contribution in [2.75, 3.05) is 4.90 Å². The van der Waals surface area contributed by atoms with Crippen LogP contribution in [0.3, 0.4) is 0 Å². The molecule has 0 aromatic heterocycles. The lowest BCUT2D eigenvalue weighted by Gasteiger charge is -2.40. The number of anilines is 1. The van der Waals surface area contributed by atoms with Gasteiger partial charge in [-0.2, -0.15) is 0 Å². The molecular weight excluding hydrogens is 234 g/mol. The molecule has 0 amide bonds. The first-order valence-electron chi connectivity index (χ1n) is 7.04. The van der Waals surface area contributed by atoms with E-state index in [1.807, 2.05) is 20.8 Å². The number of ketones is 1. The summed E-state index contributed by atoms with van der Waals surface area (Å²) in [6, 6.07) is 8.36. The Morgan fingerprint density at radius 2 is 1.68 bits per heavy atom. The van der Waals surface area contributed by atoms with Crippen molar-refractivity contribution in [3.05, 3.63) is 29.8 Å². The Hall–Kier alpha value is -1.31. The van der Waals surface area contributed by atoms with Crippen LogP contribution < -0.4 is 4.90 Å². The Morgan fingerprint density at radius 3 is 2.21 bits per heavy atom. The minimum Gasteiger partial charge on any atom is -0.356 e. The first kappa shape index (κ1) is 14.1. The number of carbonyl (C=O) groups excluding carboxylic acids is 1. The van der Waals surface area contributed by atoms with E-state index >= 15 is 0 Å². The molecule has 2 heteroatoms. The third-order valence-corrected chi connectivity index (χ3v) is 3.74. The van der Waals surface area contributed by atoms with Crippen LogP contribution in [0.15, 0.2) is 24.3 Å². The van der Waals surface area contributed by atoms with Crippen molar-refractivity contribution >= 4 is 11.5 Å². The topological polar surface area (TPSA) is 20.3 Å². The van der Waals surface area contributed by atoms with Gasteiger partial charge in [-0.3, -0.25) is 4.79 Å². The van der Waals surface area contributed by atoms with Crippen LogP contribution >= 0.6 is 0 Å². The average Bonchev–Trinajstić information content (AvgIpc) is 2.64. The first-order valence-corrected chi connectivity index (χ1v) is 7.04. The maximum absolute atomic E-state index is 12.8. The molecule has 0 bridgehead atoms. The summed E-state index contributed by atoms with van der Waals surface area (Å²) in [7, 11) is 0. The maximum Gasteiger partial charge on any atom is 0.160 e. The average molecular weight is 259 g/mol. The standard InChI is InChI=1S/C17H25NO/c1-16(2,3)15(19)14-11-12-9-7-8-10-13(12)18(14)17(4,5)6/h7-10,14H,11H2,1-6H3. The van der Waals surface area contributed by atoms with Gasteiger partial charge in [-0.05, 0) is 32.4 Å². The fourth-order valence-corrected chi connectivity index (χ4v) is 2.92. The molecule has 1 heterocycles. The highest BCUT2D eigenvalue weighted by Crippen LogP contribution is 2.39. The first-order chi connectivity index (χ1) is 8.62. The van der Waals surface area contributed by atoms with E-state index in [4.69, 9.17) is 0 Å². The number of Topliss-reactive ketones (excluding diaryl/α,β-unsaturated/α-hetero) is 1. The second kappa shape index (κ2) is 4.36. The second-order valence-corrected chi connectivity index (χ2v) is 7.50. The predicted octanol–water partition coefficient (Wildman–Crippen LogP) is 3.83. The number of benzene rings is 1. The Labute approximate surface area is 116 Å².